The van der Waals surface area contributed by atoms with Gasteiger partial charge in [-0.3, -0.25) is 4.40 Å². The molecule has 0 aliphatic rings. The zero-order chi connectivity index (χ0) is 21.3. The average Bonchev–Trinajstić information content (AvgIpc) is 3.22. The first kappa shape index (κ1) is 19.6. The second-order valence-electron chi connectivity index (χ2n) is 6.39. The minimum Gasteiger partial charge on any atom is -0.493 e. The molecule has 1 N–H and O–H groups in total. The van der Waals surface area contributed by atoms with E-state index in [4.69, 9.17) is 9.47 Å². The number of fused-ring (bicyclic) bond motifs is 1. The number of ether oxygens (including phenoxy) is 2. The lowest BCUT2D eigenvalue weighted by atomic mass is 10.1. The van der Waals surface area contributed by atoms with Crippen LogP contribution in [0, 0.1) is 0 Å². The van der Waals surface area contributed by atoms with Gasteiger partial charge in [0.2, 0.25) is 5.95 Å². The summed E-state index contributed by atoms with van der Waals surface area (Å²) in [5.41, 5.74) is 1.42. The van der Waals surface area contributed by atoms with Crippen LogP contribution in [0.1, 0.15) is 5.56 Å². The molecule has 0 aliphatic carbocycles. The van der Waals surface area contributed by atoms with Gasteiger partial charge in [-0.05, 0) is 36.4 Å². The van der Waals surface area contributed by atoms with Crippen LogP contribution >= 0.6 is 0 Å². The fourth-order valence-electron chi connectivity index (χ4n) is 3.06. The number of anilines is 2. The molecule has 0 fully saturated rings. The highest BCUT2D eigenvalue weighted by atomic mass is 19.4. The molecule has 0 bridgehead atoms. The van der Waals surface area contributed by atoms with E-state index in [0.717, 1.165) is 17.7 Å². The third-order valence-corrected chi connectivity index (χ3v) is 4.52. The molecule has 2 aromatic heterocycles. The van der Waals surface area contributed by atoms with Crippen molar-refractivity contribution >= 4 is 17.3 Å². The quantitative estimate of drug-likeness (QED) is 0.488. The number of hydrogen-bond acceptors (Lipinski definition) is 5. The molecule has 4 rings (SSSR count). The predicted molar refractivity (Wildman–Crippen MR) is 106 cm³/mol. The molecule has 2 aromatic carbocycles. The molecule has 0 saturated carbocycles. The second kappa shape index (κ2) is 7.58. The van der Waals surface area contributed by atoms with Crippen molar-refractivity contribution in [2.45, 2.75) is 6.18 Å². The maximum absolute atomic E-state index is 13.0. The topological polar surface area (TPSA) is 60.7 Å². The van der Waals surface area contributed by atoms with E-state index in [0.29, 0.717) is 28.8 Å². The Labute approximate surface area is 169 Å². The van der Waals surface area contributed by atoms with Gasteiger partial charge >= 0.3 is 6.18 Å². The molecule has 0 radical (unpaired) electrons. The fraction of sp³-hybridized carbons (Fsp3) is 0.143. The van der Waals surface area contributed by atoms with Crippen molar-refractivity contribution in [3.8, 4) is 22.8 Å². The van der Waals surface area contributed by atoms with Gasteiger partial charge in [0.15, 0.2) is 11.5 Å². The fourth-order valence-corrected chi connectivity index (χ4v) is 3.06. The number of nitrogens with one attached hydrogen (secondary N) is 1. The highest BCUT2D eigenvalue weighted by Crippen LogP contribution is 2.34. The molecule has 30 heavy (non-hydrogen) atoms. The van der Waals surface area contributed by atoms with E-state index in [1.807, 2.05) is 6.07 Å². The standard InChI is InChI=1S/C21H17F3N4O2/c1-29-17-7-6-13(10-18(17)30-2)16-12-19-25-8-9-28(19)20(27-16)26-15-5-3-4-14(11-15)21(22,23)24/h3-12H,1-2H3,(H,26,27). The lowest BCUT2D eigenvalue weighted by Crippen LogP contribution is -2.07. The van der Waals surface area contributed by atoms with Crippen molar-refractivity contribution in [1.29, 1.82) is 0 Å². The predicted octanol–water partition coefficient (Wildman–Crippen LogP) is 5.18. The number of imidazole rings is 1. The van der Waals surface area contributed by atoms with Crippen LogP contribution in [-0.4, -0.2) is 28.6 Å². The van der Waals surface area contributed by atoms with Crippen molar-refractivity contribution < 1.29 is 22.6 Å². The molecule has 9 heteroatoms. The Hall–Kier alpha value is -3.75. The van der Waals surface area contributed by atoms with Crippen molar-refractivity contribution in [3.05, 3.63) is 66.5 Å². The first-order valence-electron chi connectivity index (χ1n) is 8.90. The number of benzene rings is 2. The van der Waals surface area contributed by atoms with Crippen LogP contribution < -0.4 is 14.8 Å². The largest absolute Gasteiger partial charge is 0.493 e. The summed E-state index contributed by atoms with van der Waals surface area (Å²) in [6.45, 7) is 0. The molecule has 4 aromatic rings. The Morgan fingerprint density at radius 1 is 0.967 bits per heavy atom. The van der Waals surface area contributed by atoms with E-state index in [9.17, 15) is 13.2 Å². The van der Waals surface area contributed by atoms with Gasteiger partial charge in [-0.1, -0.05) is 6.07 Å². The van der Waals surface area contributed by atoms with Crippen molar-refractivity contribution in [3.63, 3.8) is 0 Å². The summed E-state index contributed by atoms with van der Waals surface area (Å²) in [4.78, 5) is 8.88. The third kappa shape index (κ3) is 3.73. The summed E-state index contributed by atoms with van der Waals surface area (Å²) in [5.74, 6) is 1.44. The van der Waals surface area contributed by atoms with E-state index in [2.05, 4.69) is 15.3 Å². The van der Waals surface area contributed by atoms with Crippen molar-refractivity contribution in [2.24, 2.45) is 0 Å². The summed E-state index contributed by atoms with van der Waals surface area (Å²) >= 11 is 0. The van der Waals surface area contributed by atoms with Gasteiger partial charge in [0.1, 0.15) is 5.65 Å². The molecule has 2 heterocycles. The molecular formula is C21H17F3N4O2. The molecule has 154 valence electrons. The third-order valence-electron chi connectivity index (χ3n) is 4.52. The lowest BCUT2D eigenvalue weighted by molar-refractivity contribution is -0.137. The van der Waals surface area contributed by atoms with Crippen molar-refractivity contribution in [2.75, 3.05) is 19.5 Å². The van der Waals surface area contributed by atoms with E-state index in [1.54, 1.807) is 48.2 Å². The Kier molecular flexibility index (Phi) is 4.94. The van der Waals surface area contributed by atoms with Crippen LogP contribution in [0.15, 0.2) is 60.9 Å². The van der Waals surface area contributed by atoms with Crippen LogP contribution in [0.25, 0.3) is 16.9 Å². The van der Waals surface area contributed by atoms with Gasteiger partial charge in [-0.25, -0.2) is 9.97 Å². The zero-order valence-corrected chi connectivity index (χ0v) is 16.1. The van der Waals surface area contributed by atoms with Gasteiger partial charge in [0.05, 0.1) is 25.5 Å². The number of aromatic nitrogens is 3. The minimum absolute atomic E-state index is 0.261. The van der Waals surface area contributed by atoms with Gasteiger partial charge in [0, 0.05) is 29.7 Å². The Balaban J connectivity index is 1.78. The SMILES string of the molecule is COc1ccc(-c2cc3nccn3c(Nc3cccc(C(F)(F)F)c3)n2)cc1OC. The van der Waals surface area contributed by atoms with Crippen LogP contribution in [0.2, 0.25) is 0 Å². The monoisotopic (exact) mass is 414 g/mol. The first-order valence-corrected chi connectivity index (χ1v) is 8.90. The van der Waals surface area contributed by atoms with Crippen LogP contribution in [0.3, 0.4) is 0 Å². The Morgan fingerprint density at radius 2 is 1.77 bits per heavy atom. The number of methoxy groups -OCH3 is 2. The molecule has 0 spiro atoms. The van der Waals surface area contributed by atoms with Crippen molar-refractivity contribution in [1.82, 2.24) is 14.4 Å². The molecule has 6 nitrogen and oxygen atoms in total. The summed E-state index contributed by atoms with van der Waals surface area (Å²) in [6.07, 6.45) is -1.17. The van der Waals surface area contributed by atoms with Gasteiger partial charge in [0.25, 0.3) is 0 Å². The zero-order valence-electron chi connectivity index (χ0n) is 16.1. The van der Waals surface area contributed by atoms with Crippen LogP contribution in [-0.2, 0) is 6.18 Å². The molecule has 0 atom stereocenters. The maximum Gasteiger partial charge on any atom is 0.416 e. The highest BCUT2D eigenvalue weighted by molar-refractivity contribution is 5.70. The second-order valence-corrected chi connectivity index (χ2v) is 6.39. The number of nitrogens with zero attached hydrogens (tertiary/aromatic N) is 3. The number of hydrogen-bond donors (Lipinski definition) is 1. The molecule has 0 amide bonds. The summed E-state index contributed by atoms with van der Waals surface area (Å²) < 4.78 is 51.4. The Morgan fingerprint density at radius 3 is 2.50 bits per heavy atom. The Bertz CT molecular complexity index is 1200. The van der Waals surface area contributed by atoms with Crippen LogP contribution in [0.4, 0.5) is 24.8 Å². The van der Waals surface area contributed by atoms with Gasteiger partial charge in [-0.2, -0.15) is 13.2 Å². The normalized spacial score (nSPS) is 11.5. The molecule has 0 unspecified atom stereocenters. The summed E-state index contributed by atoms with van der Waals surface area (Å²) in [5, 5.41) is 2.96. The van der Waals surface area contributed by atoms with E-state index < -0.39 is 11.7 Å². The van der Waals surface area contributed by atoms with Gasteiger partial charge < -0.3 is 14.8 Å². The van der Waals surface area contributed by atoms with Gasteiger partial charge in [-0.15, -0.1) is 0 Å². The van der Waals surface area contributed by atoms with E-state index in [-0.39, 0.29) is 5.69 Å². The van der Waals surface area contributed by atoms with Crippen LogP contribution in [0.5, 0.6) is 11.5 Å². The first-order chi connectivity index (χ1) is 14.4. The maximum atomic E-state index is 13.0. The number of rotatable bonds is 5. The minimum atomic E-state index is -4.43. The number of halogens is 3. The highest BCUT2D eigenvalue weighted by Gasteiger charge is 2.30. The number of alkyl halides is 3. The molecule has 0 aliphatic heterocycles. The van der Waals surface area contributed by atoms with E-state index in [1.165, 1.54) is 13.2 Å². The molecule has 0 saturated heterocycles. The molecular weight excluding hydrogens is 397 g/mol. The summed E-state index contributed by atoms with van der Waals surface area (Å²) in [7, 11) is 3.08. The van der Waals surface area contributed by atoms with E-state index >= 15 is 0 Å². The lowest BCUT2D eigenvalue weighted by Gasteiger charge is -2.13. The smallest absolute Gasteiger partial charge is 0.416 e. The summed E-state index contributed by atoms with van der Waals surface area (Å²) in [6, 6.07) is 12.1. The average molecular weight is 414 g/mol.